The number of aromatic nitrogens is 1. The maximum Gasteiger partial charge on any atom is 0.160 e. The third-order valence-corrected chi connectivity index (χ3v) is 6.55. The quantitative estimate of drug-likeness (QED) is 0.810. The Balaban J connectivity index is 1.54. The Morgan fingerprint density at radius 1 is 1.26 bits per heavy atom. The summed E-state index contributed by atoms with van der Waals surface area (Å²) in [5.74, 6) is 2.69. The van der Waals surface area contributed by atoms with E-state index >= 15 is 0 Å². The SMILES string of the molecule is CN(C)C1CCC2CN(c3ccc4cc(C=O)sc4n3)CC2C1. The second kappa shape index (κ2) is 5.87. The summed E-state index contributed by atoms with van der Waals surface area (Å²) in [5, 5.41) is 1.07. The molecule has 3 heterocycles. The standard InChI is InChI=1S/C18H23N3OS/c1-20(2)15-5-3-13-9-21(10-14(13)7-15)17-6-4-12-8-16(11-22)23-18(12)19-17/h4,6,8,11,13-15H,3,5,7,9-10H2,1-2H3. The highest BCUT2D eigenvalue weighted by atomic mass is 32.1. The molecular weight excluding hydrogens is 306 g/mol. The first-order valence-corrected chi connectivity index (χ1v) is 9.23. The molecule has 0 amide bonds. The number of carbonyl (C=O) groups is 1. The van der Waals surface area contributed by atoms with Crippen LogP contribution in [0.5, 0.6) is 0 Å². The van der Waals surface area contributed by atoms with E-state index < -0.39 is 0 Å². The molecule has 0 N–H and O–H groups in total. The van der Waals surface area contributed by atoms with E-state index in [1.165, 1.54) is 30.6 Å². The predicted molar refractivity (Wildman–Crippen MR) is 95.5 cm³/mol. The van der Waals surface area contributed by atoms with Crippen LogP contribution in [0.25, 0.3) is 10.2 Å². The molecule has 122 valence electrons. The maximum absolute atomic E-state index is 10.9. The van der Waals surface area contributed by atoms with Crippen LogP contribution in [0.2, 0.25) is 0 Å². The van der Waals surface area contributed by atoms with Crippen molar-refractivity contribution in [2.24, 2.45) is 11.8 Å². The zero-order valence-electron chi connectivity index (χ0n) is 13.7. The molecule has 0 spiro atoms. The summed E-state index contributed by atoms with van der Waals surface area (Å²) < 4.78 is 0. The molecule has 1 saturated heterocycles. The molecule has 4 rings (SSSR count). The highest BCUT2D eigenvalue weighted by Gasteiger charge is 2.38. The Labute approximate surface area is 141 Å². The molecule has 1 saturated carbocycles. The van der Waals surface area contributed by atoms with Crippen LogP contribution in [0.1, 0.15) is 28.9 Å². The molecule has 0 bridgehead atoms. The highest BCUT2D eigenvalue weighted by molar-refractivity contribution is 7.20. The smallest absolute Gasteiger partial charge is 0.160 e. The van der Waals surface area contributed by atoms with Crippen LogP contribution in [-0.4, -0.2) is 49.4 Å². The minimum Gasteiger partial charge on any atom is -0.356 e. The number of pyridine rings is 1. The van der Waals surface area contributed by atoms with Gasteiger partial charge in [0.1, 0.15) is 10.6 Å². The molecule has 4 nitrogen and oxygen atoms in total. The Morgan fingerprint density at radius 3 is 2.87 bits per heavy atom. The van der Waals surface area contributed by atoms with Gasteiger partial charge in [0.2, 0.25) is 0 Å². The average molecular weight is 329 g/mol. The van der Waals surface area contributed by atoms with E-state index in [2.05, 4.69) is 36.0 Å². The molecule has 2 fully saturated rings. The number of aldehydes is 1. The zero-order chi connectivity index (χ0) is 16.0. The molecule has 2 aromatic heterocycles. The molecule has 2 aromatic rings. The van der Waals surface area contributed by atoms with Crippen molar-refractivity contribution < 1.29 is 4.79 Å². The van der Waals surface area contributed by atoms with Crippen molar-refractivity contribution in [1.29, 1.82) is 0 Å². The van der Waals surface area contributed by atoms with E-state index in [4.69, 9.17) is 4.98 Å². The molecule has 3 unspecified atom stereocenters. The monoisotopic (exact) mass is 329 g/mol. The van der Waals surface area contributed by atoms with Crippen molar-refractivity contribution in [3.8, 4) is 0 Å². The van der Waals surface area contributed by atoms with Gasteiger partial charge in [0.25, 0.3) is 0 Å². The number of nitrogens with zero attached hydrogens (tertiary/aromatic N) is 3. The van der Waals surface area contributed by atoms with Crippen LogP contribution in [0.3, 0.4) is 0 Å². The van der Waals surface area contributed by atoms with Crippen molar-refractivity contribution in [2.45, 2.75) is 25.3 Å². The third-order valence-electron chi connectivity index (χ3n) is 5.58. The lowest BCUT2D eigenvalue weighted by Gasteiger charge is -2.34. The predicted octanol–water partition coefficient (Wildman–Crippen LogP) is 3.28. The summed E-state index contributed by atoms with van der Waals surface area (Å²) in [4.78, 5) is 22.3. The van der Waals surface area contributed by atoms with Crippen molar-refractivity contribution in [2.75, 3.05) is 32.1 Å². The molecule has 3 atom stereocenters. The van der Waals surface area contributed by atoms with E-state index in [-0.39, 0.29) is 0 Å². The number of thiophene rings is 1. The fourth-order valence-corrected chi connectivity index (χ4v) is 5.07. The minimum atomic E-state index is 0.735. The summed E-state index contributed by atoms with van der Waals surface area (Å²) in [6.07, 6.45) is 4.88. The Kier molecular flexibility index (Phi) is 3.85. The van der Waals surface area contributed by atoms with Crippen LogP contribution in [0, 0.1) is 11.8 Å². The summed E-state index contributed by atoms with van der Waals surface area (Å²) in [5.41, 5.74) is 0. The first-order chi connectivity index (χ1) is 11.1. The lowest BCUT2D eigenvalue weighted by Crippen LogP contribution is -2.36. The largest absolute Gasteiger partial charge is 0.356 e. The molecule has 2 aliphatic rings. The summed E-state index contributed by atoms with van der Waals surface area (Å²) in [6.45, 7) is 2.26. The first-order valence-electron chi connectivity index (χ1n) is 8.41. The average Bonchev–Trinajstić information content (AvgIpc) is 3.16. The third kappa shape index (κ3) is 2.76. The number of carbonyl (C=O) groups excluding carboxylic acids is 1. The molecule has 1 aliphatic carbocycles. The van der Waals surface area contributed by atoms with Gasteiger partial charge < -0.3 is 9.80 Å². The van der Waals surface area contributed by atoms with Gasteiger partial charge in [-0.05, 0) is 63.4 Å². The van der Waals surface area contributed by atoms with Gasteiger partial charge in [-0.25, -0.2) is 4.98 Å². The summed E-state index contributed by atoms with van der Waals surface area (Å²) in [6, 6.07) is 6.88. The summed E-state index contributed by atoms with van der Waals surface area (Å²) in [7, 11) is 4.41. The van der Waals surface area contributed by atoms with E-state index in [0.717, 1.165) is 58.2 Å². The van der Waals surface area contributed by atoms with Crippen molar-refractivity contribution >= 4 is 33.7 Å². The lowest BCUT2D eigenvalue weighted by atomic mass is 9.79. The van der Waals surface area contributed by atoms with Gasteiger partial charge in [-0.3, -0.25) is 4.79 Å². The Hall–Kier alpha value is -1.46. The van der Waals surface area contributed by atoms with Gasteiger partial charge in [0.15, 0.2) is 6.29 Å². The second-order valence-electron chi connectivity index (χ2n) is 7.19. The maximum atomic E-state index is 10.9. The van der Waals surface area contributed by atoms with Gasteiger partial charge >= 0.3 is 0 Å². The van der Waals surface area contributed by atoms with Crippen LogP contribution >= 0.6 is 11.3 Å². The fourth-order valence-electron chi connectivity index (χ4n) is 4.22. The number of hydrogen-bond donors (Lipinski definition) is 0. The molecule has 23 heavy (non-hydrogen) atoms. The van der Waals surface area contributed by atoms with Crippen LogP contribution in [-0.2, 0) is 0 Å². The molecule has 1 aliphatic heterocycles. The first kappa shape index (κ1) is 15.1. The highest BCUT2D eigenvalue weighted by Crippen LogP contribution is 2.39. The number of anilines is 1. The van der Waals surface area contributed by atoms with E-state index in [1.54, 1.807) is 0 Å². The van der Waals surface area contributed by atoms with Crippen molar-refractivity contribution in [3.05, 3.63) is 23.1 Å². The number of hydrogen-bond acceptors (Lipinski definition) is 5. The molecule has 0 radical (unpaired) electrons. The Bertz CT molecular complexity index is 726. The van der Waals surface area contributed by atoms with Gasteiger partial charge in [-0.15, -0.1) is 11.3 Å². The topological polar surface area (TPSA) is 36.4 Å². The van der Waals surface area contributed by atoms with Gasteiger partial charge in [0.05, 0.1) is 4.88 Å². The lowest BCUT2D eigenvalue weighted by molar-refractivity contribution is 0.112. The van der Waals surface area contributed by atoms with E-state index in [0.29, 0.717) is 0 Å². The minimum absolute atomic E-state index is 0.735. The van der Waals surface area contributed by atoms with Crippen molar-refractivity contribution in [3.63, 3.8) is 0 Å². The normalized spacial score (nSPS) is 27.6. The molecule has 0 aromatic carbocycles. The second-order valence-corrected chi connectivity index (χ2v) is 8.25. The zero-order valence-corrected chi connectivity index (χ0v) is 14.6. The van der Waals surface area contributed by atoms with Crippen LogP contribution < -0.4 is 4.90 Å². The van der Waals surface area contributed by atoms with Crippen molar-refractivity contribution in [1.82, 2.24) is 9.88 Å². The molecular formula is C18H23N3OS. The Morgan fingerprint density at radius 2 is 2.09 bits per heavy atom. The van der Waals surface area contributed by atoms with Crippen LogP contribution in [0.4, 0.5) is 5.82 Å². The van der Waals surface area contributed by atoms with E-state index in [9.17, 15) is 4.79 Å². The van der Waals surface area contributed by atoms with Gasteiger partial charge in [-0.1, -0.05) is 0 Å². The fraction of sp³-hybridized carbons (Fsp3) is 0.556. The van der Waals surface area contributed by atoms with Gasteiger partial charge in [0, 0.05) is 24.5 Å². The van der Waals surface area contributed by atoms with Crippen LogP contribution in [0.15, 0.2) is 18.2 Å². The van der Waals surface area contributed by atoms with E-state index in [1.807, 2.05) is 6.07 Å². The number of rotatable bonds is 3. The van der Waals surface area contributed by atoms with Gasteiger partial charge in [-0.2, -0.15) is 0 Å². The molecule has 5 heteroatoms. The summed E-state index contributed by atoms with van der Waals surface area (Å²) >= 11 is 1.49. The number of fused-ring (bicyclic) bond motifs is 2.